The van der Waals surface area contributed by atoms with Crippen molar-refractivity contribution in [1.82, 2.24) is 5.32 Å². The highest BCUT2D eigenvalue weighted by molar-refractivity contribution is 5.47. The van der Waals surface area contributed by atoms with E-state index in [0.29, 0.717) is 18.0 Å². The van der Waals surface area contributed by atoms with Crippen LogP contribution in [0, 0.1) is 5.92 Å². The fourth-order valence-electron chi connectivity index (χ4n) is 2.90. The molecule has 2 rings (SSSR count). The summed E-state index contributed by atoms with van der Waals surface area (Å²) in [5, 5.41) is 3.61. The summed E-state index contributed by atoms with van der Waals surface area (Å²) in [4.78, 5) is 2.54. The fourth-order valence-corrected chi connectivity index (χ4v) is 2.90. The van der Waals surface area contributed by atoms with E-state index in [4.69, 9.17) is 0 Å². The molecule has 2 nitrogen and oxygen atoms in total. The first kappa shape index (κ1) is 12.4. The lowest BCUT2D eigenvalue weighted by molar-refractivity contribution is 0.274. The number of nitrogens with zero attached hydrogens (tertiary/aromatic N) is 1. The Morgan fingerprint density at radius 3 is 2.59 bits per heavy atom. The van der Waals surface area contributed by atoms with Gasteiger partial charge in [0.25, 0.3) is 0 Å². The van der Waals surface area contributed by atoms with Crippen molar-refractivity contribution in [3.8, 4) is 0 Å². The van der Waals surface area contributed by atoms with E-state index >= 15 is 0 Å². The lowest BCUT2D eigenvalue weighted by atomic mass is 9.86. The van der Waals surface area contributed by atoms with Crippen LogP contribution in [0.2, 0.25) is 0 Å². The minimum atomic E-state index is 0.607. The molecule has 0 spiro atoms. The van der Waals surface area contributed by atoms with E-state index < -0.39 is 0 Å². The van der Waals surface area contributed by atoms with Crippen LogP contribution in [0.5, 0.6) is 0 Å². The van der Waals surface area contributed by atoms with E-state index in [0.717, 1.165) is 13.1 Å². The molecule has 0 bridgehead atoms. The number of hydrogen-bond donors (Lipinski definition) is 1. The summed E-state index contributed by atoms with van der Waals surface area (Å²) in [6.07, 6.45) is 1.24. The Bertz CT molecular complexity index is 336. The van der Waals surface area contributed by atoms with Crippen molar-refractivity contribution in [1.29, 1.82) is 0 Å². The van der Waals surface area contributed by atoms with Crippen LogP contribution in [0.25, 0.3) is 0 Å². The number of hydrogen-bond acceptors (Lipinski definition) is 2. The van der Waals surface area contributed by atoms with Gasteiger partial charge in [0.05, 0.1) is 0 Å². The highest BCUT2D eigenvalue weighted by Crippen LogP contribution is 2.28. The van der Waals surface area contributed by atoms with Crippen LogP contribution in [-0.4, -0.2) is 25.2 Å². The molecule has 94 valence electrons. The van der Waals surface area contributed by atoms with Crippen molar-refractivity contribution >= 4 is 5.69 Å². The molecule has 1 heterocycles. The van der Waals surface area contributed by atoms with Crippen LogP contribution in [0.15, 0.2) is 30.3 Å². The number of nitrogens with one attached hydrogen (secondary N) is 1. The van der Waals surface area contributed by atoms with Gasteiger partial charge in [-0.3, -0.25) is 0 Å². The molecular weight excluding hydrogens is 208 g/mol. The number of rotatable bonds is 3. The Morgan fingerprint density at radius 1 is 1.24 bits per heavy atom. The SMILES string of the molecule is CCNC1CCN(c2ccccc2)C(C)C1C. The van der Waals surface area contributed by atoms with Gasteiger partial charge in [-0.1, -0.05) is 32.0 Å². The second-order valence-electron chi connectivity index (χ2n) is 5.08. The van der Waals surface area contributed by atoms with Crippen molar-refractivity contribution in [3.63, 3.8) is 0 Å². The monoisotopic (exact) mass is 232 g/mol. The summed E-state index contributed by atoms with van der Waals surface area (Å²) in [6.45, 7) is 9.15. The van der Waals surface area contributed by atoms with Crippen molar-refractivity contribution in [3.05, 3.63) is 30.3 Å². The van der Waals surface area contributed by atoms with Gasteiger partial charge in [0.1, 0.15) is 0 Å². The Morgan fingerprint density at radius 2 is 1.94 bits per heavy atom. The predicted octanol–water partition coefficient (Wildman–Crippen LogP) is 2.90. The van der Waals surface area contributed by atoms with Crippen LogP contribution < -0.4 is 10.2 Å². The molecule has 3 atom stereocenters. The van der Waals surface area contributed by atoms with Gasteiger partial charge >= 0.3 is 0 Å². The highest BCUT2D eigenvalue weighted by atomic mass is 15.2. The predicted molar refractivity (Wildman–Crippen MR) is 74.5 cm³/mol. The summed E-state index contributed by atoms with van der Waals surface area (Å²) in [7, 11) is 0. The topological polar surface area (TPSA) is 15.3 Å². The maximum absolute atomic E-state index is 3.61. The molecule has 1 aliphatic heterocycles. The number of piperidine rings is 1. The van der Waals surface area contributed by atoms with Gasteiger partial charge in [0, 0.05) is 24.3 Å². The minimum absolute atomic E-state index is 0.607. The van der Waals surface area contributed by atoms with Gasteiger partial charge in [-0.15, -0.1) is 0 Å². The first-order chi connectivity index (χ1) is 8.24. The van der Waals surface area contributed by atoms with Crippen LogP contribution in [0.1, 0.15) is 27.2 Å². The summed E-state index contributed by atoms with van der Waals surface area (Å²) < 4.78 is 0. The summed E-state index contributed by atoms with van der Waals surface area (Å²) in [5.41, 5.74) is 1.36. The smallest absolute Gasteiger partial charge is 0.0368 e. The first-order valence-electron chi connectivity index (χ1n) is 6.79. The van der Waals surface area contributed by atoms with Crippen LogP contribution in [-0.2, 0) is 0 Å². The number of para-hydroxylation sites is 1. The number of benzene rings is 1. The molecule has 0 radical (unpaired) electrons. The molecule has 0 aromatic heterocycles. The maximum Gasteiger partial charge on any atom is 0.0368 e. The van der Waals surface area contributed by atoms with Gasteiger partial charge in [-0.05, 0) is 37.9 Å². The Balaban J connectivity index is 2.08. The Labute approximate surface area is 105 Å². The summed E-state index contributed by atoms with van der Waals surface area (Å²) in [6, 6.07) is 12.1. The van der Waals surface area contributed by atoms with Crippen LogP contribution >= 0.6 is 0 Å². The highest BCUT2D eigenvalue weighted by Gasteiger charge is 2.31. The lowest BCUT2D eigenvalue weighted by Crippen LogP contribution is -2.53. The van der Waals surface area contributed by atoms with Gasteiger partial charge in [-0.2, -0.15) is 0 Å². The molecule has 0 amide bonds. The zero-order valence-electron chi connectivity index (χ0n) is 11.2. The zero-order chi connectivity index (χ0) is 12.3. The average Bonchev–Trinajstić information content (AvgIpc) is 2.36. The molecule has 1 aliphatic rings. The van der Waals surface area contributed by atoms with E-state index in [2.05, 4.69) is 61.3 Å². The van der Waals surface area contributed by atoms with Gasteiger partial charge < -0.3 is 10.2 Å². The molecule has 1 fully saturated rings. The molecular formula is C15H24N2. The van der Waals surface area contributed by atoms with E-state index in [1.54, 1.807) is 0 Å². The molecule has 17 heavy (non-hydrogen) atoms. The second kappa shape index (κ2) is 5.54. The fraction of sp³-hybridized carbons (Fsp3) is 0.600. The molecule has 3 unspecified atom stereocenters. The first-order valence-corrected chi connectivity index (χ1v) is 6.79. The molecule has 1 N–H and O–H groups in total. The Hall–Kier alpha value is -1.02. The van der Waals surface area contributed by atoms with E-state index in [-0.39, 0.29) is 0 Å². The molecule has 1 aromatic carbocycles. The van der Waals surface area contributed by atoms with E-state index in [1.165, 1.54) is 12.1 Å². The standard InChI is InChI=1S/C15H24N2/c1-4-16-15-10-11-17(13(3)12(15)2)14-8-6-5-7-9-14/h5-9,12-13,15-16H,4,10-11H2,1-3H3. The Kier molecular flexibility index (Phi) is 4.06. The summed E-state index contributed by atoms with van der Waals surface area (Å²) >= 11 is 0. The maximum atomic E-state index is 3.61. The second-order valence-corrected chi connectivity index (χ2v) is 5.08. The quantitative estimate of drug-likeness (QED) is 0.862. The summed E-state index contributed by atoms with van der Waals surface area (Å²) in [5.74, 6) is 0.698. The largest absolute Gasteiger partial charge is 0.368 e. The molecule has 1 saturated heterocycles. The van der Waals surface area contributed by atoms with Gasteiger partial charge in [0.2, 0.25) is 0 Å². The van der Waals surface area contributed by atoms with Crippen molar-refractivity contribution in [2.45, 2.75) is 39.3 Å². The van der Waals surface area contributed by atoms with Crippen molar-refractivity contribution < 1.29 is 0 Å². The van der Waals surface area contributed by atoms with Gasteiger partial charge in [0.15, 0.2) is 0 Å². The van der Waals surface area contributed by atoms with Crippen LogP contribution in [0.4, 0.5) is 5.69 Å². The number of anilines is 1. The average molecular weight is 232 g/mol. The normalized spacial score (nSPS) is 29.4. The van der Waals surface area contributed by atoms with Crippen LogP contribution in [0.3, 0.4) is 0 Å². The molecule has 0 aliphatic carbocycles. The molecule has 2 heteroatoms. The molecule has 0 saturated carbocycles. The zero-order valence-corrected chi connectivity index (χ0v) is 11.2. The van der Waals surface area contributed by atoms with Crippen molar-refractivity contribution in [2.24, 2.45) is 5.92 Å². The van der Waals surface area contributed by atoms with Gasteiger partial charge in [-0.25, -0.2) is 0 Å². The van der Waals surface area contributed by atoms with E-state index in [9.17, 15) is 0 Å². The van der Waals surface area contributed by atoms with E-state index in [1.807, 2.05) is 0 Å². The molecule has 1 aromatic rings. The van der Waals surface area contributed by atoms with Crippen molar-refractivity contribution in [2.75, 3.05) is 18.0 Å². The third-order valence-corrected chi connectivity index (χ3v) is 4.12. The lowest BCUT2D eigenvalue weighted by Gasteiger charge is -2.44. The third-order valence-electron chi connectivity index (χ3n) is 4.12. The third kappa shape index (κ3) is 2.63. The minimum Gasteiger partial charge on any atom is -0.368 e.